The lowest BCUT2D eigenvalue weighted by atomic mass is 9.72. The van der Waals surface area contributed by atoms with E-state index < -0.39 is 0 Å². The molecule has 13 heteroatoms. The Morgan fingerprint density at radius 3 is 2.58 bits per heavy atom. The largest absolute Gasteiger partial charge is 0.481 e. The van der Waals surface area contributed by atoms with E-state index in [1.54, 1.807) is 20.2 Å². The molecule has 1 spiro atoms. The molecule has 0 unspecified atom stereocenters. The maximum Gasteiger partial charge on any atom is 0.220 e. The van der Waals surface area contributed by atoms with Crippen molar-refractivity contribution in [3.8, 4) is 39.5 Å². The van der Waals surface area contributed by atoms with Crippen LogP contribution in [0, 0.1) is 5.41 Å². The zero-order valence-corrected chi connectivity index (χ0v) is 30.9. The lowest BCUT2D eigenvalue weighted by Gasteiger charge is -2.60. The van der Waals surface area contributed by atoms with Crippen molar-refractivity contribution in [1.29, 1.82) is 0 Å². The van der Waals surface area contributed by atoms with Crippen molar-refractivity contribution in [3.63, 3.8) is 0 Å². The first kappa shape index (κ1) is 34.5. The molecule has 0 bridgehead atoms. The Balaban J connectivity index is 1.01. The minimum absolute atomic E-state index is 0.101. The van der Waals surface area contributed by atoms with Gasteiger partial charge in [0.25, 0.3) is 0 Å². The number of aromatic nitrogens is 4. The molecule has 2 aromatic carbocycles. The molecule has 3 aromatic heterocycles. The molecule has 0 saturated carbocycles. The summed E-state index contributed by atoms with van der Waals surface area (Å²) in [5, 5.41) is 13.4. The van der Waals surface area contributed by atoms with Crippen LogP contribution in [0.4, 0.5) is 0 Å². The first-order valence-corrected chi connectivity index (χ1v) is 18.3. The minimum atomic E-state index is 0.101. The minimum Gasteiger partial charge on any atom is -0.481 e. The standard InChI is InChI=1S/C39H40Cl2N8O3/c1-23(50)49-21-39(22-49)19-48(20-39)18-32-29-10-7-24(15-33(29)47(2)46-32)37-36(41)28(13-14-43-37)27-5-4-6-30(35(27)40)31-11-8-25(38(45-31)52-3)16-42-17-26-9-12-34(51)44-26/h4-8,10-11,13-15,26,42H,9,12,16-22H2,1-3H3,(H,44,51)/t26-/m1/s1. The van der Waals surface area contributed by atoms with Crippen LogP contribution in [0.1, 0.15) is 31.0 Å². The topological polar surface area (TPSA) is 118 Å². The molecule has 5 aromatic rings. The number of rotatable bonds is 10. The number of nitrogens with zero attached hydrogens (tertiary/aromatic N) is 6. The average Bonchev–Trinajstić information content (AvgIpc) is 3.66. The van der Waals surface area contributed by atoms with Crippen molar-refractivity contribution in [2.75, 3.05) is 39.8 Å². The monoisotopic (exact) mass is 738 g/mol. The molecule has 3 fully saturated rings. The van der Waals surface area contributed by atoms with Crippen LogP contribution in [-0.2, 0) is 29.7 Å². The van der Waals surface area contributed by atoms with E-state index >= 15 is 0 Å². The van der Waals surface area contributed by atoms with Gasteiger partial charge in [-0.25, -0.2) is 4.98 Å². The summed E-state index contributed by atoms with van der Waals surface area (Å²) in [6, 6.07) is 18.0. The van der Waals surface area contributed by atoms with E-state index in [2.05, 4.69) is 27.7 Å². The quantitative estimate of drug-likeness (QED) is 0.187. The fraction of sp³-hybridized carbons (Fsp3) is 0.359. The smallest absolute Gasteiger partial charge is 0.220 e. The molecule has 3 aliphatic rings. The number of halogens is 2. The van der Waals surface area contributed by atoms with Crippen LogP contribution < -0.4 is 15.4 Å². The Labute approximate surface area is 312 Å². The fourth-order valence-corrected chi connectivity index (χ4v) is 8.59. The molecule has 52 heavy (non-hydrogen) atoms. The summed E-state index contributed by atoms with van der Waals surface area (Å²) in [5.41, 5.74) is 7.71. The lowest BCUT2D eigenvalue weighted by molar-refractivity contribution is -0.157. The Morgan fingerprint density at radius 2 is 1.83 bits per heavy atom. The molecule has 11 nitrogen and oxygen atoms in total. The second kappa shape index (κ2) is 13.8. The highest BCUT2D eigenvalue weighted by molar-refractivity contribution is 6.39. The molecule has 2 amide bonds. The molecule has 0 aliphatic carbocycles. The normalized spacial score (nSPS) is 18.1. The zero-order valence-electron chi connectivity index (χ0n) is 29.4. The highest BCUT2D eigenvalue weighted by Gasteiger charge is 2.52. The van der Waals surface area contributed by atoms with Gasteiger partial charge in [0, 0.05) is 117 Å². The van der Waals surface area contributed by atoms with Crippen LogP contribution in [0.2, 0.25) is 10.0 Å². The fourth-order valence-electron chi connectivity index (χ4n) is 7.94. The number of fused-ring (bicyclic) bond motifs is 1. The van der Waals surface area contributed by atoms with Crippen LogP contribution in [-0.4, -0.2) is 87.2 Å². The average molecular weight is 740 g/mol. The van der Waals surface area contributed by atoms with Crippen LogP contribution in [0.25, 0.3) is 44.5 Å². The molecule has 8 rings (SSSR count). The van der Waals surface area contributed by atoms with Gasteiger partial charge in [-0.05, 0) is 24.6 Å². The van der Waals surface area contributed by atoms with E-state index in [0.29, 0.717) is 46.8 Å². The summed E-state index contributed by atoms with van der Waals surface area (Å²) in [6.07, 6.45) is 3.17. The van der Waals surface area contributed by atoms with Crippen LogP contribution in [0.3, 0.4) is 0 Å². The van der Waals surface area contributed by atoms with Gasteiger partial charge in [-0.3, -0.25) is 24.2 Å². The Hall–Kier alpha value is -4.55. The Bertz CT molecular complexity index is 2210. The van der Waals surface area contributed by atoms with Crippen molar-refractivity contribution >= 4 is 45.9 Å². The van der Waals surface area contributed by atoms with Crippen molar-refractivity contribution in [1.82, 2.24) is 40.2 Å². The van der Waals surface area contributed by atoms with Gasteiger partial charge in [-0.2, -0.15) is 5.10 Å². The molecule has 268 valence electrons. The molecule has 6 heterocycles. The van der Waals surface area contributed by atoms with Gasteiger partial charge >= 0.3 is 0 Å². The molecule has 3 saturated heterocycles. The summed E-state index contributed by atoms with van der Waals surface area (Å²) in [6.45, 7) is 7.33. The van der Waals surface area contributed by atoms with E-state index in [9.17, 15) is 9.59 Å². The number of pyridine rings is 2. The predicted molar refractivity (Wildman–Crippen MR) is 202 cm³/mol. The third-order valence-electron chi connectivity index (χ3n) is 10.6. The third-order valence-corrected chi connectivity index (χ3v) is 11.4. The second-order valence-electron chi connectivity index (χ2n) is 14.3. The molecule has 2 N–H and O–H groups in total. The van der Waals surface area contributed by atoms with E-state index in [1.807, 2.05) is 59.1 Å². The van der Waals surface area contributed by atoms with Gasteiger partial charge in [0.15, 0.2) is 0 Å². The van der Waals surface area contributed by atoms with Crippen LogP contribution in [0.5, 0.6) is 5.88 Å². The third kappa shape index (κ3) is 6.40. The number of aryl methyl sites for hydroxylation is 1. The SMILES string of the molecule is COc1nc(-c2cccc(-c3ccnc(-c4ccc5c(CN6CC7(C6)CN(C(C)=O)C7)nn(C)c5c4)c3Cl)c2Cl)ccc1CNC[C@H]1CCC(=O)N1. The van der Waals surface area contributed by atoms with Crippen molar-refractivity contribution in [3.05, 3.63) is 82.1 Å². The van der Waals surface area contributed by atoms with Crippen molar-refractivity contribution < 1.29 is 14.3 Å². The van der Waals surface area contributed by atoms with Crippen molar-refractivity contribution in [2.24, 2.45) is 12.5 Å². The lowest BCUT2D eigenvalue weighted by Crippen LogP contribution is -2.72. The second-order valence-corrected chi connectivity index (χ2v) is 15.1. The highest BCUT2D eigenvalue weighted by Crippen LogP contribution is 2.43. The summed E-state index contributed by atoms with van der Waals surface area (Å²) in [7, 11) is 3.57. The number of amides is 2. The summed E-state index contributed by atoms with van der Waals surface area (Å²) < 4.78 is 7.58. The van der Waals surface area contributed by atoms with Gasteiger partial charge in [0.2, 0.25) is 17.7 Å². The number of methoxy groups -OCH3 is 1. The van der Waals surface area contributed by atoms with E-state index in [1.165, 1.54) is 0 Å². The van der Waals surface area contributed by atoms with Crippen molar-refractivity contribution in [2.45, 2.75) is 38.9 Å². The number of carbonyl (C=O) groups is 2. The zero-order chi connectivity index (χ0) is 36.1. The van der Waals surface area contributed by atoms with Gasteiger partial charge < -0.3 is 20.3 Å². The van der Waals surface area contributed by atoms with Gasteiger partial charge in [-0.1, -0.05) is 59.6 Å². The Kier molecular flexibility index (Phi) is 9.15. The number of ether oxygens (including phenoxy) is 1. The number of benzene rings is 2. The number of hydrogen-bond donors (Lipinski definition) is 2. The molecule has 0 radical (unpaired) electrons. The first-order valence-electron chi connectivity index (χ1n) is 17.5. The molecular formula is C39H40Cl2N8O3. The van der Waals surface area contributed by atoms with E-state index in [0.717, 1.165) is 83.6 Å². The maximum absolute atomic E-state index is 11.7. The van der Waals surface area contributed by atoms with Gasteiger partial charge in [0.05, 0.1) is 39.8 Å². The van der Waals surface area contributed by atoms with E-state index in [-0.39, 0.29) is 23.3 Å². The predicted octanol–water partition coefficient (Wildman–Crippen LogP) is 5.71. The van der Waals surface area contributed by atoms with Crippen LogP contribution >= 0.6 is 23.2 Å². The summed E-state index contributed by atoms with van der Waals surface area (Å²) in [4.78, 5) is 37.0. The highest BCUT2D eigenvalue weighted by atomic mass is 35.5. The maximum atomic E-state index is 11.7. The number of nitrogens with one attached hydrogen (secondary N) is 2. The van der Waals surface area contributed by atoms with E-state index in [4.69, 9.17) is 43.0 Å². The number of likely N-dealkylation sites (tertiary alicyclic amines) is 2. The summed E-state index contributed by atoms with van der Waals surface area (Å²) >= 11 is 14.3. The first-order chi connectivity index (χ1) is 25.1. The molecule has 1 atom stereocenters. The molecular weight excluding hydrogens is 699 g/mol. The molecule has 3 aliphatic heterocycles. The Morgan fingerprint density at radius 1 is 1.04 bits per heavy atom. The number of carbonyl (C=O) groups excluding carboxylic acids is 2. The van der Waals surface area contributed by atoms with Gasteiger partial charge in [0.1, 0.15) is 0 Å². The summed E-state index contributed by atoms with van der Waals surface area (Å²) in [5.74, 6) is 0.767. The van der Waals surface area contributed by atoms with Crippen LogP contribution in [0.15, 0.2) is 60.8 Å². The number of hydrogen-bond acceptors (Lipinski definition) is 8. The van der Waals surface area contributed by atoms with Gasteiger partial charge in [-0.15, -0.1) is 0 Å².